The van der Waals surface area contributed by atoms with E-state index in [9.17, 15) is 5.11 Å². The Morgan fingerprint density at radius 1 is 1.55 bits per heavy atom. The fourth-order valence-electron chi connectivity index (χ4n) is 3.27. The summed E-state index contributed by atoms with van der Waals surface area (Å²) in [6.07, 6.45) is 0.224. The molecule has 1 saturated heterocycles. The lowest BCUT2D eigenvalue weighted by Crippen LogP contribution is -2.58. The maximum atomic E-state index is 11.4. The van der Waals surface area contributed by atoms with E-state index in [1.165, 1.54) is 0 Å². The molecule has 7 heteroatoms. The number of rotatable bonds is 3. The zero-order valence-corrected chi connectivity index (χ0v) is 13.7. The highest BCUT2D eigenvalue weighted by Crippen LogP contribution is 2.46. The van der Waals surface area contributed by atoms with Crippen molar-refractivity contribution in [1.82, 2.24) is 5.32 Å². The van der Waals surface area contributed by atoms with Crippen LogP contribution in [0.1, 0.15) is 18.9 Å². The van der Waals surface area contributed by atoms with Gasteiger partial charge in [0.2, 0.25) is 0 Å². The van der Waals surface area contributed by atoms with Crippen molar-refractivity contribution in [1.29, 1.82) is 0 Å². The maximum Gasteiger partial charge on any atom is 0.155 e. The third-order valence-electron chi connectivity index (χ3n) is 4.30. The summed E-state index contributed by atoms with van der Waals surface area (Å²) in [5.41, 5.74) is 5.90. The highest BCUT2D eigenvalue weighted by atomic mass is 35.5. The molecule has 2 aliphatic rings. The molecule has 0 amide bonds. The number of fused-ring (bicyclic) bond motifs is 1. The van der Waals surface area contributed by atoms with Crippen molar-refractivity contribution in [3.8, 4) is 0 Å². The molecule has 120 valence electrons. The number of nitrogens with two attached hydrogens (primary N) is 1. The molecule has 0 radical (unpaired) electrons. The summed E-state index contributed by atoms with van der Waals surface area (Å²) >= 11 is 12.4. The van der Waals surface area contributed by atoms with E-state index >= 15 is 0 Å². The normalized spacial score (nSPS) is 34.4. The van der Waals surface area contributed by atoms with E-state index in [0.717, 1.165) is 0 Å². The molecule has 1 fully saturated rings. The number of alkyl halides is 1. The van der Waals surface area contributed by atoms with Gasteiger partial charge in [0.05, 0.1) is 5.69 Å². The van der Waals surface area contributed by atoms with Gasteiger partial charge in [-0.2, -0.15) is 0 Å². The minimum absolute atomic E-state index is 0.109. The first-order chi connectivity index (χ1) is 10.5. The van der Waals surface area contributed by atoms with Crippen LogP contribution in [0, 0.1) is 5.92 Å². The second-order valence-electron chi connectivity index (χ2n) is 5.65. The summed E-state index contributed by atoms with van der Waals surface area (Å²) in [5, 5.41) is 15.0. The molecular formula is C15H19Cl2N3O2. The number of nitrogens with zero attached hydrogens (tertiary/aromatic N) is 1. The van der Waals surface area contributed by atoms with E-state index in [1.54, 1.807) is 18.2 Å². The summed E-state index contributed by atoms with van der Waals surface area (Å²) in [5.74, 6) is -0.181. The van der Waals surface area contributed by atoms with Gasteiger partial charge in [-0.1, -0.05) is 11.6 Å². The number of hydrogen-bond donors (Lipinski definition) is 3. The molecule has 0 bridgehead atoms. The Balaban J connectivity index is 2.04. The van der Waals surface area contributed by atoms with Crippen molar-refractivity contribution in [2.45, 2.75) is 30.6 Å². The van der Waals surface area contributed by atoms with Crippen LogP contribution < -0.4 is 11.1 Å². The summed E-state index contributed by atoms with van der Waals surface area (Å²) in [6, 6.07) is 5.19. The highest BCUT2D eigenvalue weighted by molar-refractivity contribution is 6.30. The first-order valence-electron chi connectivity index (χ1n) is 7.33. The van der Waals surface area contributed by atoms with Gasteiger partial charge >= 0.3 is 0 Å². The summed E-state index contributed by atoms with van der Waals surface area (Å²) in [6.45, 7) is 3.06. The van der Waals surface area contributed by atoms with Gasteiger partial charge in [0.15, 0.2) is 5.60 Å². The molecule has 4 atom stereocenters. The molecule has 0 spiro atoms. The number of halogens is 2. The molecule has 0 aromatic heterocycles. The van der Waals surface area contributed by atoms with Crippen molar-refractivity contribution in [3.05, 3.63) is 28.8 Å². The van der Waals surface area contributed by atoms with Crippen molar-refractivity contribution >= 4 is 34.7 Å². The fraction of sp³-hybridized carbons (Fsp3) is 0.533. The average molecular weight is 344 g/mol. The van der Waals surface area contributed by atoms with Gasteiger partial charge in [0.25, 0.3) is 0 Å². The van der Waals surface area contributed by atoms with E-state index in [0.29, 0.717) is 35.8 Å². The number of hydrogen-bond acceptors (Lipinski definition) is 5. The lowest BCUT2D eigenvalue weighted by Gasteiger charge is -2.42. The van der Waals surface area contributed by atoms with Gasteiger partial charge < -0.3 is 15.6 Å². The third-order valence-corrected chi connectivity index (χ3v) is 4.87. The minimum atomic E-state index is -1.43. The van der Waals surface area contributed by atoms with Crippen LogP contribution >= 0.6 is 23.2 Å². The summed E-state index contributed by atoms with van der Waals surface area (Å²) in [7, 11) is 0. The minimum Gasteiger partial charge on any atom is -0.384 e. The van der Waals surface area contributed by atoms with E-state index in [2.05, 4.69) is 10.3 Å². The molecule has 1 aromatic rings. The molecule has 1 aromatic carbocycles. The predicted octanol–water partition coefficient (Wildman–Crippen LogP) is 2.11. The van der Waals surface area contributed by atoms with Gasteiger partial charge in [-0.15, -0.1) is 11.6 Å². The van der Waals surface area contributed by atoms with Gasteiger partial charge in [0, 0.05) is 35.0 Å². The number of aliphatic imine (C=N–C) groups is 1. The number of benzene rings is 1. The Morgan fingerprint density at radius 3 is 3.05 bits per heavy atom. The Labute approximate surface area is 139 Å². The monoisotopic (exact) mass is 343 g/mol. The SMILES string of the molecule is CCOC1NCC(Cl)CC1C1(O)C(N)=Nc2ccc(Cl)cc21. The second-order valence-corrected chi connectivity index (χ2v) is 6.70. The van der Waals surface area contributed by atoms with Gasteiger partial charge in [-0.25, -0.2) is 4.99 Å². The Morgan fingerprint density at radius 2 is 2.32 bits per heavy atom. The standard InChI is InChI=1S/C15H19Cl2N3O2/c1-2-22-13-11(6-9(17)7-19-13)15(21)10-5-8(16)3-4-12(10)20-14(15)18/h3-5,9,11,13,19,21H,2,6-7H2,1H3,(H2,18,20). The molecular weight excluding hydrogens is 325 g/mol. The number of amidine groups is 1. The van der Waals surface area contributed by atoms with E-state index in [1.807, 2.05) is 6.92 Å². The maximum absolute atomic E-state index is 11.4. The van der Waals surface area contributed by atoms with Crippen molar-refractivity contribution < 1.29 is 9.84 Å². The van der Waals surface area contributed by atoms with Crippen LogP contribution in [0.15, 0.2) is 23.2 Å². The smallest absolute Gasteiger partial charge is 0.155 e. The van der Waals surface area contributed by atoms with Crippen molar-refractivity contribution in [3.63, 3.8) is 0 Å². The quantitative estimate of drug-likeness (QED) is 0.734. The lowest BCUT2D eigenvalue weighted by molar-refractivity contribution is -0.0892. The van der Waals surface area contributed by atoms with Crippen LogP contribution in [-0.2, 0) is 10.3 Å². The van der Waals surface area contributed by atoms with Crippen LogP contribution in [0.2, 0.25) is 5.02 Å². The fourth-order valence-corrected chi connectivity index (χ4v) is 3.72. The van der Waals surface area contributed by atoms with Crippen molar-refractivity contribution in [2.24, 2.45) is 16.6 Å². The topological polar surface area (TPSA) is 79.9 Å². The zero-order valence-electron chi connectivity index (χ0n) is 12.2. The highest BCUT2D eigenvalue weighted by Gasteiger charge is 2.52. The van der Waals surface area contributed by atoms with E-state index in [4.69, 9.17) is 33.7 Å². The van der Waals surface area contributed by atoms with Crippen molar-refractivity contribution in [2.75, 3.05) is 13.2 Å². The predicted molar refractivity (Wildman–Crippen MR) is 87.8 cm³/mol. The van der Waals surface area contributed by atoms with Gasteiger partial charge in [-0.3, -0.25) is 5.32 Å². The first kappa shape index (κ1) is 16.0. The molecule has 4 unspecified atom stereocenters. The largest absolute Gasteiger partial charge is 0.384 e. The molecule has 5 nitrogen and oxygen atoms in total. The Hall–Kier alpha value is -0.850. The molecule has 22 heavy (non-hydrogen) atoms. The van der Waals surface area contributed by atoms with Crippen LogP contribution in [0.3, 0.4) is 0 Å². The molecule has 4 N–H and O–H groups in total. The first-order valence-corrected chi connectivity index (χ1v) is 8.14. The van der Waals surface area contributed by atoms with Gasteiger partial charge in [0.1, 0.15) is 12.1 Å². The lowest BCUT2D eigenvalue weighted by atomic mass is 9.76. The zero-order chi connectivity index (χ0) is 15.9. The van der Waals surface area contributed by atoms with E-state index < -0.39 is 5.60 Å². The number of ether oxygens (including phenoxy) is 1. The Kier molecular flexibility index (Phi) is 4.36. The third kappa shape index (κ3) is 2.51. The summed E-state index contributed by atoms with van der Waals surface area (Å²) in [4.78, 5) is 4.30. The van der Waals surface area contributed by atoms with Crippen LogP contribution in [0.4, 0.5) is 5.69 Å². The van der Waals surface area contributed by atoms with Crippen LogP contribution in [0.25, 0.3) is 0 Å². The average Bonchev–Trinajstić information content (AvgIpc) is 2.74. The summed E-state index contributed by atoms with van der Waals surface area (Å²) < 4.78 is 5.74. The molecule has 2 heterocycles. The Bertz CT molecular complexity index is 610. The number of aliphatic hydroxyl groups is 1. The van der Waals surface area contributed by atoms with Crippen LogP contribution in [0.5, 0.6) is 0 Å². The molecule has 0 aliphatic carbocycles. The molecule has 2 aliphatic heterocycles. The molecule has 3 rings (SSSR count). The second kappa shape index (κ2) is 5.98. The van der Waals surface area contributed by atoms with Crippen LogP contribution in [-0.4, -0.2) is 35.7 Å². The molecule has 0 saturated carbocycles. The number of piperidine rings is 1. The number of nitrogens with one attached hydrogen (secondary N) is 1. The van der Waals surface area contributed by atoms with E-state index in [-0.39, 0.29) is 23.4 Å². The van der Waals surface area contributed by atoms with Gasteiger partial charge in [-0.05, 0) is 31.5 Å².